The second kappa shape index (κ2) is 6.53. The molecule has 0 spiro atoms. The fraction of sp³-hybridized carbons (Fsp3) is 0. The van der Waals surface area contributed by atoms with Crippen LogP contribution in [0.4, 0.5) is 22.7 Å². The number of benzene rings is 3. The van der Waals surface area contributed by atoms with Crippen molar-refractivity contribution in [3.8, 4) is 22.6 Å². The summed E-state index contributed by atoms with van der Waals surface area (Å²) in [4.78, 5) is 33.8. The van der Waals surface area contributed by atoms with Crippen LogP contribution in [-0.2, 0) is 0 Å². The minimum atomic E-state index is -0.850. The number of fused-ring (bicyclic) bond motifs is 3. The molecule has 0 saturated carbocycles. The van der Waals surface area contributed by atoms with E-state index in [2.05, 4.69) is 0 Å². The molecule has 4 rings (SSSR count). The number of hydrogen-bond acceptors (Lipinski definition) is 9. The highest BCUT2D eigenvalue weighted by Gasteiger charge is 2.34. The van der Waals surface area contributed by atoms with Crippen molar-refractivity contribution >= 4 is 28.5 Å². The van der Waals surface area contributed by atoms with Crippen LogP contribution in [0.15, 0.2) is 48.5 Å². The van der Waals surface area contributed by atoms with Crippen molar-refractivity contribution in [1.82, 2.24) is 0 Å². The molecule has 0 aromatic heterocycles. The number of rotatable bonds is 4. The average Bonchev–Trinajstić information content (AvgIpc) is 2.98. The second-order valence-electron chi connectivity index (χ2n) is 6.47. The summed E-state index contributed by atoms with van der Waals surface area (Å²) in [5.41, 5.74) is -0.562. The van der Waals surface area contributed by atoms with Gasteiger partial charge < -0.3 is 10.2 Å². The van der Waals surface area contributed by atoms with E-state index in [9.17, 15) is 35.2 Å². The van der Waals surface area contributed by atoms with Crippen molar-refractivity contribution in [3.63, 3.8) is 0 Å². The zero-order valence-corrected chi connectivity index (χ0v) is 15.0. The van der Waals surface area contributed by atoms with E-state index in [1.807, 2.05) is 0 Å². The topological polar surface area (TPSA) is 173 Å². The van der Waals surface area contributed by atoms with E-state index in [0.717, 1.165) is 23.2 Å². The van der Waals surface area contributed by atoms with Crippen molar-refractivity contribution in [2.75, 3.05) is 5.01 Å². The van der Waals surface area contributed by atoms with E-state index < -0.39 is 32.8 Å². The van der Waals surface area contributed by atoms with E-state index in [1.165, 1.54) is 30.3 Å². The van der Waals surface area contributed by atoms with Crippen molar-refractivity contribution in [3.05, 3.63) is 79.9 Å². The maximum Gasteiger partial charge on any atom is 0.301 e. The molecule has 1 aliphatic carbocycles. The van der Waals surface area contributed by atoms with Crippen LogP contribution in [0.2, 0.25) is 0 Å². The number of nitro groups is 2. The summed E-state index contributed by atoms with van der Waals surface area (Å²) in [6.07, 6.45) is 0. The number of hydrazine groups is 1. The van der Waals surface area contributed by atoms with E-state index in [4.69, 9.17) is 5.84 Å². The number of phenolic OH excluding ortho intramolecular Hbond substituents is 2. The Hall–Kier alpha value is -4.51. The van der Waals surface area contributed by atoms with Crippen LogP contribution in [0, 0.1) is 20.2 Å². The van der Waals surface area contributed by atoms with Gasteiger partial charge >= 0.3 is 5.69 Å². The fourth-order valence-corrected chi connectivity index (χ4v) is 3.46. The standard InChI is InChI=1S/C19H12N4O7/c20-21(14-5-1-9(22(27)28)7-15(14)23(29)30)18-16(25)6-4-12-11-3-2-10(24)8-13(11)19(26)17(12)18/h1-8,24-25H,20H2. The number of anilines is 2. The van der Waals surface area contributed by atoms with Gasteiger partial charge in [0.2, 0.25) is 0 Å². The van der Waals surface area contributed by atoms with Crippen LogP contribution in [0.25, 0.3) is 11.1 Å². The molecule has 3 aromatic rings. The number of phenols is 2. The number of hydrogen-bond donors (Lipinski definition) is 3. The average molecular weight is 408 g/mol. The predicted octanol–water partition coefficient (Wildman–Crippen LogP) is 3.14. The van der Waals surface area contributed by atoms with Gasteiger partial charge in [0.25, 0.3) is 5.69 Å². The zero-order chi connectivity index (χ0) is 21.7. The van der Waals surface area contributed by atoms with Crippen LogP contribution in [0.1, 0.15) is 15.9 Å². The fourth-order valence-electron chi connectivity index (χ4n) is 3.46. The predicted molar refractivity (Wildman–Crippen MR) is 105 cm³/mol. The number of carbonyl (C=O) groups excluding carboxylic acids is 1. The first-order valence-corrected chi connectivity index (χ1v) is 8.42. The minimum absolute atomic E-state index is 0.00856. The lowest BCUT2D eigenvalue weighted by Gasteiger charge is -2.22. The molecule has 4 N–H and O–H groups in total. The minimum Gasteiger partial charge on any atom is -0.508 e. The molecule has 0 bridgehead atoms. The monoisotopic (exact) mass is 408 g/mol. The molecule has 150 valence electrons. The maximum atomic E-state index is 13.0. The van der Waals surface area contributed by atoms with Gasteiger partial charge in [-0.2, -0.15) is 0 Å². The van der Waals surface area contributed by atoms with Gasteiger partial charge in [0.15, 0.2) is 5.78 Å². The Bertz CT molecular complexity index is 1270. The van der Waals surface area contributed by atoms with Crippen LogP contribution >= 0.6 is 0 Å². The van der Waals surface area contributed by atoms with E-state index in [1.54, 1.807) is 0 Å². The number of non-ortho nitro benzene ring substituents is 1. The first-order valence-electron chi connectivity index (χ1n) is 8.42. The molecule has 11 heteroatoms. The van der Waals surface area contributed by atoms with Gasteiger partial charge in [0.05, 0.1) is 21.5 Å². The molecule has 0 fully saturated rings. The zero-order valence-electron chi connectivity index (χ0n) is 15.0. The molecule has 0 saturated heterocycles. The molecule has 0 atom stereocenters. The molecule has 0 amide bonds. The number of aromatic hydroxyl groups is 2. The summed E-state index contributed by atoms with van der Waals surface area (Å²) in [5.74, 6) is 4.99. The molecule has 30 heavy (non-hydrogen) atoms. The number of ketones is 1. The number of nitro benzene ring substituents is 2. The van der Waals surface area contributed by atoms with E-state index in [0.29, 0.717) is 11.1 Å². The quantitative estimate of drug-likeness (QED) is 0.260. The van der Waals surface area contributed by atoms with Crippen molar-refractivity contribution in [2.24, 2.45) is 5.84 Å². The highest BCUT2D eigenvalue weighted by Crippen LogP contribution is 2.48. The third-order valence-corrected chi connectivity index (χ3v) is 4.79. The first-order chi connectivity index (χ1) is 14.2. The molecule has 3 aromatic carbocycles. The summed E-state index contributed by atoms with van der Waals surface area (Å²) < 4.78 is 0. The molecule has 0 unspecified atom stereocenters. The third kappa shape index (κ3) is 2.69. The van der Waals surface area contributed by atoms with Crippen LogP contribution in [0.3, 0.4) is 0 Å². The van der Waals surface area contributed by atoms with Gasteiger partial charge in [0.1, 0.15) is 22.9 Å². The van der Waals surface area contributed by atoms with E-state index in [-0.39, 0.29) is 28.3 Å². The number of carbonyl (C=O) groups is 1. The maximum absolute atomic E-state index is 13.0. The molecule has 11 nitrogen and oxygen atoms in total. The molecule has 1 aliphatic rings. The lowest BCUT2D eigenvalue weighted by molar-refractivity contribution is -0.393. The first kappa shape index (κ1) is 18.8. The summed E-state index contributed by atoms with van der Waals surface area (Å²) in [6.45, 7) is 0. The second-order valence-corrected chi connectivity index (χ2v) is 6.47. The van der Waals surface area contributed by atoms with Gasteiger partial charge in [-0.25, -0.2) is 5.84 Å². The van der Waals surface area contributed by atoms with Gasteiger partial charge in [-0.15, -0.1) is 0 Å². The Morgan fingerprint density at radius 2 is 1.57 bits per heavy atom. The molecule has 0 radical (unpaired) electrons. The Morgan fingerprint density at radius 1 is 0.867 bits per heavy atom. The third-order valence-electron chi connectivity index (χ3n) is 4.79. The molecule has 0 aliphatic heterocycles. The largest absolute Gasteiger partial charge is 0.508 e. The van der Waals surface area contributed by atoms with Crippen molar-refractivity contribution < 1.29 is 24.9 Å². The van der Waals surface area contributed by atoms with Crippen LogP contribution in [0.5, 0.6) is 11.5 Å². The van der Waals surface area contributed by atoms with Crippen molar-refractivity contribution in [1.29, 1.82) is 0 Å². The molecular weight excluding hydrogens is 396 g/mol. The lowest BCUT2D eigenvalue weighted by atomic mass is 10.0. The molecule has 0 heterocycles. The Kier molecular flexibility index (Phi) is 4.10. The highest BCUT2D eigenvalue weighted by atomic mass is 16.6. The van der Waals surface area contributed by atoms with Gasteiger partial charge in [-0.3, -0.25) is 30.0 Å². The molecular formula is C19H12N4O7. The lowest BCUT2D eigenvalue weighted by Crippen LogP contribution is -2.27. The SMILES string of the molecule is NN(c1ccc([N+](=O)[O-])cc1[N+](=O)[O-])c1c(O)ccc2c1C(=O)c1cc(O)ccc1-2. The number of nitrogens with zero attached hydrogens (tertiary/aromatic N) is 3. The summed E-state index contributed by atoms with van der Waals surface area (Å²) in [7, 11) is 0. The van der Waals surface area contributed by atoms with E-state index >= 15 is 0 Å². The Morgan fingerprint density at radius 3 is 2.23 bits per heavy atom. The van der Waals surface area contributed by atoms with Crippen molar-refractivity contribution in [2.45, 2.75) is 0 Å². The van der Waals surface area contributed by atoms with Gasteiger partial charge in [0, 0.05) is 11.6 Å². The summed E-state index contributed by atoms with van der Waals surface area (Å²) in [6, 6.07) is 9.80. The van der Waals surface area contributed by atoms with Gasteiger partial charge in [-0.05, 0) is 47.5 Å². The smallest absolute Gasteiger partial charge is 0.301 e. The Balaban J connectivity index is 1.93. The summed E-state index contributed by atoms with van der Waals surface area (Å²) >= 11 is 0. The van der Waals surface area contributed by atoms with Gasteiger partial charge in [-0.1, -0.05) is 0 Å². The van der Waals surface area contributed by atoms with Crippen LogP contribution < -0.4 is 10.9 Å². The summed E-state index contributed by atoms with van der Waals surface area (Å²) in [5, 5.41) is 43.3. The number of nitrogens with two attached hydrogens (primary N) is 1. The highest BCUT2D eigenvalue weighted by molar-refractivity contribution is 6.25. The Labute approximate surface area is 167 Å². The normalized spacial score (nSPS) is 11.7. The van der Waals surface area contributed by atoms with Crippen LogP contribution in [-0.4, -0.2) is 25.8 Å².